The number of esters is 2. The summed E-state index contributed by atoms with van der Waals surface area (Å²) in [4.78, 5) is 39.7. The number of aliphatic hydroxyl groups is 3. The van der Waals surface area contributed by atoms with Crippen LogP contribution in [0.25, 0.3) is 0 Å². The Kier molecular flexibility index (Phi) is 5.50. The Morgan fingerprint density at radius 2 is 1.68 bits per heavy atom. The van der Waals surface area contributed by atoms with Crippen molar-refractivity contribution in [3.8, 4) is 0 Å². The second-order valence-corrected chi connectivity index (χ2v) is 13.9. The topological polar surface area (TPSA) is 165 Å². The van der Waals surface area contributed by atoms with Crippen molar-refractivity contribution < 1.29 is 53.1 Å². The Bertz CT molecular complexity index is 1310. The maximum Gasteiger partial charge on any atom is 0.303 e. The van der Waals surface area contributed by atoms with Crippen LogP contribution in [-0.2, 0) is 33.3 Å². The Balaban J connectivity index is 1.44. The van der Waals surface area contributed by atoms with Crippen LogP contribution in [0.3, 0.4) is 0 Å². The molecule has 0 radical (unpaired) electrons. The molecule has 11 nitrogen and oxygen atoms in total. The average molecular weight is 575 g/mol. The van der Waals surface area contributed by atoms with Gasteiger partial charge in [-0.1, -0.05) is 20.8 Å². The molecule has 4 saturated carbocycles. The van der Waals surface area contributed by atoms with Gasteiger partial charge in [0.1, 0.15) is 11.7 Å². The third-order valence-corrected chi connectivity index (χ3v) is 12.6. The van der Waals surface area contributed by atoms with Gasteiger partial charge in [-0.05, 0) is 30.4 Å². The molecule has 14 atom stereocenters. The number of furan rings is 1. The third kappa shape index (κ3) is 2.85. The molecule has 11 heteroatoms. The summed E-state index contributed by atoms with van der Waals surface area (Å²) in [7, 11) is 0. The zero-order chi connectivity index (χ0) is 29.5. The van der Waals surface area contributed by atoms with Crippen LogP contribution in [0.4, 0.5) is 0 Å². The van der Waals surface area contributed by atoms with Crippen molar-refractivity contribution in [1.82, 2.24) is 0 Å². The molecule has 2 bridgehead atoms. The van der Waals surface area contributed by atoms with Gasteiger partial charge < -0.3 is 38.7 Å². The molecule has 1 aromatic heterocycles. The van der Waals surface area contributed by atoms with Gasteiger partial charge >= 0.3 is 11.9 Å². The highest BCUT2D eigenvalue weighted by molar-refractivity contribution is 5.93. The van der Waals surface area contributed by atoms with Crippen molar-refractivity contribution in [3.05, 3.63) is 24.2 Å². The molecular weight excluding hydrogens is 536 g/mol. The minimum absolute atomic E-state index is 0.0205. The van der Waals surface area contributed by atoms with Crippen LogP contribution in [-0.4, -0.2) is 82.1 Å². The van der Waals surface area contributed by atoms with Gasteiger partial charge in [-0.3, -0.25) is 14.4 Å². The summed E-state index contributed by atoms with van der Waals surface area (Å²) in [5.41, 5.74) is -4.93. The second-order valence-electron chi connectivity index (χ2n) is 13.9. The zero-order valence-electron chi connectivity index (χ0n) is 23.9. The summed E-state index contributed by atoms with van der Waals surface area (Å²) < 4.78 is 29.5. The predicted molar refractivity (Wildman–Crippen MR) is 137 cm³/mol. The molecule has 1 aromatic rings. The van der Waals surface area contributed by atoms with Crippen LogP contribution in [0.1, 0.15) is 65.4 Å². The van der Waals surface area contributed by atoms with E-state index < -0.39 is 87.5 Å². The molecule has 41 heavy (non-hydrogen) atoms. The van der Waals surface area contributed by atoms with E-state index in [-0.39, 0.29) is 31.5 Å². The highest BCUT2D eigenvalue weighted by Crippen LogP contribution is 2.82. The molecule has 6 fully saturated rings. The van der Waals surface area contributed by atoms with E-state index in [9.17, 15) is 24.9 Å². The van der Waals surface area contributed by atoms with E-state index in [1.807, 2.05) is 19.9 Å². The number of aliphatic hydroxyl groups excluding tert-OH is 3. The summed E-state index contributed by atoms with van der Waals surface area (Å²) in [5, 5.41) is 35.4. The van der Waals surface area contributed by atoms with Crippen molar-refractivity contribution in [3.63, 3.8) is 0 Å². The molecule has 2 saturated heterocycles. The van der Waals surface area contributed by atoms with Gasteiger partial charge in [0.15, 0.2) is 18.2 Å². The lowest BCUT2D eigenvalue weighted by Crippen LogP contribution is -2.82. The van der Waals surface area contributed by atoms with E-state index in [4.69, 9.17) is 23.4 Å². The number of hydrogen-bond acceptors (Lipinski definition) is 11. The van der Waals surface area contributed by atoms with E-state index in [0.29, 0.717) is 6.42 Å². The average Bonchev–Trinajstić information content (AvgIpc) is 3.26. The zero-order valence-corrected chi connectivity index (χ0v) is 23.9. The van der Waals surface area contributed by atoms with Crippen LogP contribution in [0.15, 0.2) is 23.0 Å². The summed E-state index contributed by atoms with van der Waals surface area (Å²) >= 11 is 0. The number of carbonyl (C=O) groups excluding carboxylic acids is 3. The SMILES string of the molecule is CC(=O)O[C@@H]1C[C@H](O)C23COC(O)[C@]1(C)C2C[C@@H](O)C1(C)C3C(=O)[C@H](OC(C)=O)[C@@]2(C)[C@H](c3ccoc3)CC3OC312. The highest BCUT2D eigenvalue weighted by atomic mass is 16.6. The molecule has 3 heterocycles. The molecule has 224 valence electrons. The molecule has 7 rings (SSSR count). The summed E-state index contributed by atoms with van der Waals surface area (Å²) in [6, 6.07) is 1.84. The molecule has 6 aliphatic rings. The number of rotatable bonds is 3. The first-order chi connectivity index (χ1) is 19.2. The fourth-order valence-electron chi connectivity index (χ4n) is 11.0. The maximum atomic E-state index is 15.0. The van der Waals surface area contributed by atoms with E-state index in [1.54, 1.807) is 19.5 Å². The fraction of sp³-hybridized carbons (Fsp3) is 0.767. The van der Waals surface area contributed by atoms with Crippen molar-refractivity contribution in [1.29, 1.82) is 0 Å². The molecule has 1 spiro atoms. The Morgan fingerprint density at radius 3 is 2.32 bits per heavy atom. The summed E-state index contributed by atoms with van der Waals surface area (Å²) in [6.45, 7) is 7.85. The summed E-state index contributed by atoms with van der Waals surface area (Å²) in [6.07, 6.45) is -2.27. The third-order valence-electron chi connectivity index (χ3n) is 12.6. The van der Waals surface area contributed by atoms with Gasteiger partial charge in [-0.2, -0.15) is 0 Å². The van der Waals surface area contributed by atoms with Gasteiger partial charge in [-0.25, -0.2) is 0 Å². The number of carbonyl (C=O) groups is 3. The van der Waals surface area contributed by atoms with E-state index in [1.165, 1.54) is 13.8 Å². The van der Waals surface area contributed by atoms with Gasteiger partial charge in [0.05, 0.1) is 48.3 Å². The van der Waals surface area contributed by atoms with Crippen molar-refractivity contribution in [2.45, 2.75) is 102 Å². The van der Waals surface area contributed by atoms with Crippen molar-refractivity contribution in [2.75, 3.05) is 6.61 Å². The Hall–Kier alpha value is -2.31. The smallest absolute Gasteiger partial charge is 0.303 e. The van der Waals surface area contributed by atoms with Gasteiger partial charge in [0.25, 0.3) is 0 Å². The van der Waals surface area contributed by atoms with Crippen LogP contribution in [0.2, 0.25) is 0 Å². The summed E-state index contributed by atoms with van der Waals surface area (Å²) in [5.74, 6) is -3.56. The minimum atomic E-state index is -1.36. The molecule has 0 aromatic carbocycles. The lowest BCUT2D eigenvalue weighted by Gasteiger charge is -2.73. The standard InChI is InChI=1S/C30H38O11/c1-13(31)39-20-10-19(34)29-12-38-25(36)26(20,3)17(29)9-18(33)28(5)23(29)22(35)24(40-14(2)32)27(4)16(15-6-7-37-11-15)8-21-30(27,28)41-21/h6-7,11,16-21,23-25,33-34,36H,8-10,12H2,1-5H3/t16-,17?,18+,19-,20+,21?,23?,24-,25?,26+,27+,28?,29?,30?/m0/s1. The van der Waals surface area contributed by atoms with Gasteiger partial charge in [-0.15, -0.1) is 0 Å². The maximum absolute atomic E-state index is 15.0. The fourth-order valence-corrected chi connectivity index (χ4v) is 11.0. The number of Topliss-reactive ketones (excluding diaryl/α,β-unsaturated/α-hetero) is 1. The van der Waals surface area contributed by atoms with E-state index >= 15 is 4.79 Å². The highest BCUT2D eigenvalue weighted by Gasteiger charge is 2.92. The lowest BCUT2D eigenvalue weighted by molar-refractivity contribution is -0.373. The number of epoxide rings is 1. The Morgan fingerprint density at radius 1 is 0.976 bits per heavy atom. The van der Waals surface area contributed by atoms with Crippen LogP contribution in [0, 0.1) is 33.5 Å². The molecule has 2 aliphatic heterocycles. The number of ketones is 1. The van der Waals surface area contributed by atoms with Crippen LogP contribution < -0.4 is 0 Å². The van der Waals surface area contributed by atoms with E-state index in [0.717, 1.165) is 5.56 Å². The largest absolute Gasteiger partial charge is 0.472 e. The first kappa shape index (κ1) is 27.5. The quantitative estimate of drug-likeness (QED) is 0.354. The monoisotopic (exact) mass is 574 g/mol. The molecular formula is C30H38O11. The van der Waals surface area contributed by atoms with Gasteiger partial charge in [0, 0.05) is 42.9 Å². The molecule has 7 unspecified atom stereocenters. The number of ether oxygens (including phenoxy) is 4. The van der Waals surface area contributed by atoms with Gasteiger partial charge in [0.2, 0.25) is 0 Å². The molecule has 0 amide bonds. The van der Waals surface area contributed by atoms with Crippen molar-refractivity contribution >= 4 is 17.7 Å². The molecule has 4 aliphatic carbocycles. The predicted octanol–water partition coefficient (Wildman–Crippen LogP) is 1.47. The molecule has 3 N–H and O–H groups in total. The first-order valence-electron chi connectivity index (χ1n) is 14.5. The normalized spacial score (nSPS) is 54.7. The number of fused-ring (bicyclic) bond motifs is 1. The van der Waals surface area contributed by atoms with Crippen molar-refractivity contribution in [2.24, 2.45) is 33.5 Å². The van der Waals surface area contributed by atoms with E-state index in [2.05, 4.69) is 0 Å². The first-order valence-corrected chi connectivity index (χ1v) is 14.5. The second kappa shape index (κ2) is 8.19. The Labute approximate surface area is 237 Å². The van der Waals surface area contributed by atoms with Crippen LogP contribution >= 0.6 is 0 Å². The number of hydrogen-bond donors (Lipinski definition) is 3. The lowest BCUT2D eigenvalue weighted by atomic mass is 9.33. The minimum Gasteiger partial charge on any atom is -0.472 e. The van der Waals surface area contributed by atoms with Crippen LogP contribution in [0.5, 0.6) is 0 Å².